The number of benzene rings is 1. The highest BCUT2D eigenvalue weighted by Crippen LogP contribution is 2.15. The van der Waals surface area contributed by atoms with Gasteiger partial charge in [-0.1, -0.05) is 18.3 Å². The van der Waals surface area contributed by atoms with Crippen LogP contribution in [0, 0.1) is 5.82 Å². The maximum absolute atomic E-state index is 13.1. The van der Waals surface area contributed by atoms with Gasteiger partial charge in [0.05, 0.1) is 19.3 Å². The van der Waals surface area contributed by atoms with Crippen molar-refractivity contribution in [1.29, 1.82) is 0 Å². The van der Waals surface area contributed by atoms with Gasteiger partial charge in [-0.05, 0) is 30.5 Å². The summed E-state index contributed by atoms with van der Waals surface area (Å²) in [6.07, 6.45) is 2.30. The molecule has 1 saturated heterocycles. The zero-order chi connectivity index (χ0) is 13.0. The van der Waals surface area contributed by atoms with Crippen molar-refractivity contribution in [3.63, 3.8) is 0 Å². The Hall–Kier alpha value is -1.04. The second kappa shape index (κ2) is 6.22. The molecule has 1 unspecified atom stereocenters. The second-order valence-electron chi connectivity index (χ2n) is 4.32. The predicted octanol–water partition coefficient (Wildman–Crippen LogP) is 2.16. The summed E-state index contributed by atoms with van der Waals surface area (Å²) < 4.78 is 24.1. The maximum Gasteiger partial charge on any atom is 0.123 e. The van der Waals surface area contributed by atoms with Gasteiger partial charge in [0, 0.05) is 12.2 Å². The Kier molecular flexibility index (Phi) is 4.63. The van der Waals surface area contributed by atoms with E-state index < -0.39 is 0 Å². The molecule has 0 spiro atoms. The third-order valence-electron chi connectivity index (χ3n) is 2.92. The zero-order valence-corrected chi connectivity index (χ0v) is 10.8. The van der Waals surface area contributed by atoms with Gasteiger partial charge in [-0.15, -0.1) is 0 Å². The minimum Gasteiger partial charge on any atom is -0.389 e. The first-order chi connectivity index (χ1) is 8.66. The quantitative estimate of drug-likeness (QED) is 0.832. The number of rotatable bonds is 5. The van der Waals surface area contributed by atoms with Crippen molar-refractivity contribution in [3.8, 4) is 0 Å². The molecule has 0 radical (unpaired) electrons. The highest BCUT2D eigenvalue weighted by atomic mass is 32.1. The van der Waals surface area contributed by atoms with E-state index in [4.69, 9.17) is 27.4 Å². The van der Waals surface area contributed by atoms with E-state index in [1.54, 1.807) is 6.07 Å². The number of nitrogens with two attached hydrogens (primary N) is 1. The molecule has 0 aromatic heterocycles. The molecule has 5 heteroatoms. The highest BCUT2D eigenvalue weighted by molar-refractivity contribution is 7.80. The summed E-state index contributed by atoms with van der Waals surface area (Å²) in [7, 11) is 0. The van der Waals surface area contributed by atoms with Gasteiger partial charge in [-0.2, -0.15) is 0 Å². The van der Waals surface area contributed by atoms with Crippen molar-refractivity contribution in [2.45, 2.75) is 25.6 Å². The Morgan fingerprint density at radius 3 is 3.06 bits per heavy atom. The van der Waals surface area contributed by atoms with Gasteiger partial charge >= 0.3 is 0 Å². The van der Waals surface area contributed by atoms with Crippen LogP contribution in [-0.2, 0) is 16.1 Å². The van der Waals surface area contributed by atoms with Crippen LogP contribution in [-0.4, -0.2) is 24.3 Å². The molecular weight excluding hydrogens is 253 g/mol. The Labute approximate surface area is 111 Å². The number of hydrogen-bond acceptors (Lipinski definition) is 3. The molecule has 18 heavy (non-hydrogen) atoms. The largest absolute Gasteiger partial charge is 0.389 e. The van der Waals surface area contributed by atoms with Crippen LogP contribution in [0.5, 0.6) is 0 Å². The molecule has 2 N–H and O–H groups in total. The molecule has 1 aromatic rings. The van der Waals surface area contributed by atoms with E-state index in [1.807, 2.05) is 0 Å². The van der Waals surface area contributed by atoms with Crippen molar-refractivity contribution in [2.75, 3.05) is 13.2 Å². The van der Waals surface area contributed by atoms with Crippen LogP contribution in [0.4, 0.5) is 4.39 Å². The lowest BCUT2D eigenvalue weighted by Gasteiger charge is -2.12. The van der Waals surface area contributed by atoms with Crippen LogP contribution < -0.4 is 5.73 Å². The molecule has 0 amide bonds. The fourth-order valence-corrected chi connectivity index (χ4v) is 2.17. The molecule has 1 fully saturated rings. The van der Waals surface area contributed by atoms with Crippen molar-refractivity contribution in [3.05, 3.63) is 35.1 Å². The van der Waals surface area contributed by atoms with Gasteiger partial charge in [-0.3, -0.25) is 0 Å². The normalized spacial score (nSPS) is 19.1. The van der Waals surface area contributed by atoms with Crippen LogP contribution in [0.1, 0.15) is 24.0 Å². The number of thiocarbonyl (C=S) groups is 1. The summed E-state index contributed by atoms with van der Waals surface area (Å²) in [4.78, 5) is 0.185. The van der Waals surface area contributed by atoms with Gasteiger partial charge in [0.2, 0.25) is 0 Å². The molecule has 0 saturated carbocycles. The molecule has 1 heterocycles. The maximum atomic E-state index is 13.1. The van der Waals surface area contributed by atoms with Crippen molar-refractivity contribution in [2.24, 2.45) is 5.73 Å². The molecule has 0 bridgehead atoms. The zero-order valence-electron chi connectivity index (χ0n) is 10.0. The van der Waals surface area contributed by atoms with E-state index in [9.17, 15) is 4.39 Å². The Bertz CT molecular complexity index is 433. The fraction of sp³-hybridized carbons (Fsp3) is 0.462. The Balaban J connectivity index is 1.93. The molecule has 0 aliphatic carbocycles. The molecule has 1 atom stereocenters. The average molecular weight is 269 g/mol. The summed E-state index contributed by atoms with van der Waals surface area (Å²) >= 11 is 4.90. The van der Waals surface area contributed by atoms with Crippen LogP contribution in [0.2, 0.25) is 0 Å². The van der Waals surface area contributed by atoms with Gasteiger partial charge in [-0.25, -0.2) is 4.39 Å². The number of hydrogen-bond donors (Lipinski definition) is 1. The third kappa shape index (κ3) is 3.48. The van der Waals surface area contributed by atoms with Crippen molar-refractivity contribution < 1.29 is 13.9 Å². The minimum absolute atomic E-state index is 0.179. The lowest BCUT2D eigenvalue weighted by molar-refractivity contribution is 0.0105. The van der Waals surface area contributed by atoms with Gasteiger partial charge in [0.25, 0.3) is 0 Å². The molecule has 3 nitrogen and oxygen atoms in total. The van der Waals surface area contributed by atoms with E-state index >= 15 is 0 Å². The molecule has 98 valence electrons. The third-order valence-corrected chi connectivity index (χ3v) is 3.14. The van der Waals surface area contributed by atoms with E-state index in [1.165, 1.54) is 12.1 Å². The summed E-state index contributed by atoms with van der Waals surface area (Å²) in [5, 5.41) is 0. The smallest absolute Gasteiger partial charge is 0.123 e. The van der Waals surface area contributed by atoms with E-state index in [0.717, 1.165) is 25.0 Å². The Morgan fingerprint density at radius 2 is 2.39 bits per heavy atom. The van der Waals surface area contributed by atoms with Crippen molar-refractivity contribution >= 4 is 17.2 Å². The SMILES string of the molecule is NC(=S)c1cc(F)ccc1COCC1CCCO1. The minimum atomic E-state index is -0.347. The lowest BCUT2D eigenvalue weighted by Crippen LogP contribution is -2.16. The lowest BCUT2D eigenvalue weighted by atomic mass is 10.1. The van der Waals surface area contributed by atoms with Crippen LogP contribution in [0.15, 0.2) is 18.2 Å². The Morgan fingerprint density at radius 1 is 1.56 bits per heavy atom. The van der Waals surface area contributed by atoms with E-state index in [2.05, 4.69) is 0 Å². The van der Waals surface area contributed by atoms with Crippen LogP contribution in [0.25, 0.3) is 0 Å². The van der Waals surface area contributed by atoms with Gasteiger partial charge < -0.3 is 15.2 Å². The monoisotopic (exact) mass is 269 g/mol. The molecule has 2 rings (SSSR count). The summed E-state index contributed by atoms with van der Waals surface area (Å²) in [6, 6.07) is 4.37. The summed E-state index contributed by atoms with van der Waals surface area (Å²) in [6.45, 7) is 1.73. The molecule has 1 aromatic carbocycles. The summed E-state index contributed by atoms with van der Waals surface area (Å²) in [5.74, 6) is -0.347. The van der Waals surface area contributed by atoms with Crippen LogP contribution >= 0.6 is 12.2 Å². The predicted molar refractivity (Wildman–Crippen MR) is 70.9 cm³/mol. The summed E-state index contributed by atoms with van der Waals surface area (Å²) in [5.41, 5.74) is 6.91. The first-order valence-corrected chi connectivity index (χ1v) is 6.35. The first-order valence-electron chi connectivity index (χ1n) is 5.94. The molecule has 1 aliphatic heterocycles. The van der Waals surface area contributed by atoms with Gasteiger partial charge in [0.15, 0.2) is 0 Å². The number of halogens is 1. The topological polar surface area (TPSA) is 44.5 Å². The van der Waals surface area contributed by atoms with E-state index in [0.29, 0.717) is 18.8 Å². The second-order valence-corrected chi connectivity index (χ2v) is 4.76. The van der Waals surface area contributed by atoms with E-state index in [-0.39, 0.29) is 16.9 Å². The molecule has 1 aliphatic rings. The standard InChI is InChI=1S/C13H16FNO2S/c14-10-4-3-9(12(6-10)13(15)18)7-16-8-11-2-1-5-17-11/h3-4,6,11H,1-2,5,7-8H2,(H2,15,18). The highest BCUT2D eigenvalue weighted by Gasteiger charge is 2.15. The van der Waals surface area contributed by atoms with Crippen LogP contribution in [0.3, 0.4) is 0 Å². The van der Waals surface area contributed by atoms with Gasteiger partial charge in [0.1, 0.15) is 10.8 Å². The first kappa shape index (κ1) is 13.4. The number of ether oxygens (including phenoxy) is 2. The molecular formula is C13H16FNO2S. The average Bonchev–Trinajstić information content (AvgIpc) is 2.84. The van der Waals surface area contributed by atoms with Crippen molar-refractivity contribution in [1.82, 2.24) is 0 Å². The fourth-order valence-electron chi connectivity index (χ4n) is 1.98.